The fraction of sp³-hybridized carbons (Fsp3) is 0.600. The van der Waals surface area contributed by atoms with Crippen molar-refractivity contribution in [1.29, 1.82) is 0 Å². The molecule has 0 aromatic rings. The first kappa shape index (κ1) is 11.1. The van der Waals surface area contributed by atoms with E-state index in [0.717, 1.165) is 0 Å². The maximum atomic E-state index is 10.2. The van der Waals surface area contributed by atoms with Gasteiger partial charge in [-0.05, 0) is 0 Å². The second-order valence-electron chi connectivity index (χ2n) is 1.79. The first-order chi connectivity index (χ1) is 5.06. The molecule has 0 rings (SSSR count). The second-order valence-corrected chi connectivity index (χ2v) is 3.69. The monoisotopic (exact) mass is 200 g/mol. The molecule has 0 unspecified atom stereocenters. The molecule has 0 radical (unpaired) electrons. The van der Waals surface area contributed by atoms with Gasteiger partial charge in [0.1, 0.15) is 6.35 Å². The normalized spacial score (nSPS) is 12.6. The lowest BCUT2D eigenvalue weighted by Gasteiger charge is -2.01. The maximum absolute atomic E-state index is 10.2. The van der Waals surface area contributed by atoms with Crippen LogP contribution in [0.2, 0.25) is 0 Å². The molecule has 66 valence electrons. The Morgan fingerprint density at radius 1 is 1.45 bits per heavy atom. The Balaban J connectivity index is 3.29. The molecule has 6 heteroatoms. The van der Waals surface area contributed by atoms with Crippen LogP contribution in [0.3, 0.4) is 0 Å². The van der Waals surface area contributed by atoms with E-state index in [1.54, 1.807) is 12.2 Å². The van der Waals surface area contributed by atoms with Crippen molar-refractivity contribution >= 4 is 19.2 Å². The summed E-state index contributed by atoms with van der Waals surface area (Å²) < 4.78 is 14.8. The summed E-state index contributed by atoms with van der Waals surface area (Å²) in [5.41, 5.74) is 0. The molecule has 0 aliphatic heterocycles. The largest absolute Gasteiger partial charge is 0.365 e. The van der Waals surface area contributed by atoms with Gasteiger partial charge < -0.3 is 14.5 Å². The Bertz CT molecular complexity index is 164. The summed E-state index contributed by atoms with van der Waals surface area (Å²) in [6, 6.07) is 0. The second kappa shape index (κ2) is 5.75. The van der Waals surface area contributed by atoms with Crippen LogP contribution in [-0.4, -0.2) is 28.6 Å². The van der Waals surface area contributed by atoms with Crippen LogP contribution in [-0.2, 0) is 9.30 Å². The molecule has 0 bridgehead atoms. The highest BCUT2D eigenvalue weighted by Gasteiger charge is 2.11. The Kier molecular flexibility index (Phi) is 5.82. The van der Waals surface area contributed by atoms with Gasteiger partial charge in [0, 0.05) is 5.88 Å². The minimum Gasteiger partial charge on any atom is -0.365 e. The van der Waals surface area contributed by atoms with Crippen LogP contribution < -0.4 is 0 Å². The van der Waals surface area contributed by atoms with Gasteiger partial charge in [-0.3, -0.25) is 4.57 Å². The number of alkyl halides is 1. The lowest BCUT2D eigenvalue weighted by molar-refractivity contribution is 0.184. The molecule has 0 saturated heterocycles. The molecule has 2 N–H and O–H groups in total. The Labute approximate surface area is 70.0 Å². The third kappa shape index (κ3) is 10.1. The fourth-order valence-electron chi connectivity index (χ4n) is 0.371. The van der Waals surface area contributed by atoms with Crippen LogP contribution >= 0.6 is 19.2 Å². The van der Waals surface area contributed by atoms with E-state index in [4.69, 9.17) is 21.4 Å². The van der Waals surface area contributed by atoms with Gasteiger partial charge in [0.2, 0.25) is 0 Å². The molecule has 11 heavy (non-hydrogen) atoms. The number of rotatable bonds is 5. The minimum absolute atomic E-state index is 0.178. The lowest BCUT2D eigenvalue weighted by atomic mass is 10.6. The number of hydrogen-bond donors (Lipinski definition) is 2. The number of allylic oxidation sites excluding steroid dienone is 1. The fourth-order valence-corrected chi connectivity index (χ4v) is 0.840. The third-order valence-electron chi connectivity index (χ3n) is 0.729. The van der Waals surface area contributed by atoms with E-state index in [9.17, 15) is 4.57 Å². The van der Waals surface area contributed by atoms with Gasteiger partial charge in [0.15, 0.2) is 0 Å². The van der Waals surface area contributed by atoms with Crippen molar-refractivity contribution in [1.82, 2.24) is 0 Å². The quantitative estimate of drug-likeness (QED) is 0.300. The van der Waals surface area contributed by atoms with Crippen LogP contribution in [0.25, 0.3) is 0 Å². The van der Waals surface area contributed by atoms with Crippen molar-refractivity contribution in [2.24, 2.45) is 0 Å². The minimum atomic E-state index is -4.00. The predicted octanol–water partition coefficient (Wildman–Crippen LogP) is 0.933. The molecule has 0 amide bonds. The molecule has 0 aromatic carbocycles. The van der Waals surface area contributed by atoms with Crippen molar-refractivity contribution in [3.63, 3.8) is 0 Å². The zero-order chi connectivity index (χ0) is 8.74. The van der Waals surface area contributed by atoms with Gasteiger partial charge >= 0.3 is 7.60 Å². The highest BCUT2D eigenvalue weighted by Crippen LogP contribution is 2.33. The summed E-state index contributed by atoms with van der Waals surface area (Å²) in [7, 11) is -4.00. The Hall–Kier alpha value is 0.140. The Morgan fingerprint density at radius 3 is 2.55 bits per heavy atom. The first-order valence-corrected chi connectivity index (χ1v) is 5.23. The molecule has 0 spiro atoms. The number of ether oxygens (including phenoxy) is 1. The van der Waals surface area contributed by atoms with Crippen molar-refractivity contribution in [2.45, 2.75) is 0 Å². The van der Waals surface area contributed by atoms with Gasteiger partial charge in [-0.1, -0.05) is 12.2 Å². The molecule has 0 heterocycles. The SMILES string of the molecule is O=P(O)(O)COC/C=C\CCl. The highest BCUT2D eigenvalue weighted by atomic mass is 35.5. The van der Waals surface area contributed by atoms with E-state index in [0.29, 0.717) is 5.88 Å². The molecular formula is C5H10ClO4P. The summed E-state index contributed by atoms with van der Waals surface area (Å²) in [5.74, 6) is 0.374. The van der Waals surface area contributed by atoms with Gasteiger partial charge in [0.05, 0.1) is 6.61 Å². The van der Waals surface area contributed by atoms with Gasteiger partial charge in [-0.2, -0.15) is 0 Å². The summed E-state index contributed by atoms with van der Waals surface area (Å²) >= 11 is 5.27. The van der Waals surface area contributed by atoms with Crippen molar-refractivity contribution < 1.29 is 19.1 Å². The summed E-state index contributed by atoms with van der Waals surface area (Å²) in [6.07, 6.45) is 2.70. The molecule has 0 aromatic heterocycles. The molecule has 0 aliphatic rings. The van der Waals surface area contributed by atoms with Crippen molar-refractivity contribution in [2.75, 3.05) is 18.8 Å². The first-order valence-electron chi connectivity index (χ1n) is 2.89. The van der Waals surface area contributed by atoms with Gasteiger partial charge in [-0.25, -0.2) is 0 Å². The van der Waals surface area contributed by atoms with Gasteiger partial charge in [0.25, 0.3) is 0 Å². The molecule has 4 nitrogen and oxygen atoms in total. The summed E-state index contributed by atoms with van der Waals surface area (Å²) in [6.45, 7) is 0.178. The summed E-state index contributed by atoms with van der Waals surface area (Å²) in [4.78, 5) is 16.6. The smallest absolute Gasteiger partial charge is 0.350 e. The van der Waals surface area contributed by atoms with E-state index >= 15 is 0 Å². The van der Waals surface area contributed by atoms with Crippen LogP contribution in [0.1, 0.15) is 0 Å². The topological polar surface area (TPSA) is 66.8 Å². The molecular weight excluding hydrogens is 190 g/mol. The molecule has 0 fully saturated rings. The third-order valence-corrected chi connectivity index (χ3v) is 1.43. The lowest BCUT2D eigenvalue weighted by Crippen LogP contribution is -1.94. The average Bonchev–Trinajstić information content (AvgIpc) is 1.85. The zero-order valence-corrected chi connectivity index (χ0v) is 7.46. The van der Waals surface area contributed by atoms with E-state index < -0.39 is 13.9 Å². The maximum Gasteiger partial charge on any atom is 0.350 e. The van der Waals surface area contributed by atoms with Crippen molar-refractivity contribution in [3.05, 3.63) is 12.2 Å². The number of halogens is 1. The van der Waals surface area contributed by atoms with E-state index in [1.165, 1.54) is 0 Å². The average molecular weight is 201 g/mol. The number of hydrogen-bond acceptors (Lipinski definition) is 2. The highest BCUT2D eigenvalue weighted by molar-refractivity contribution is 7.51. The van der Waals surface area contributed by atoms with Crippen LogP contribution in [0.15, 0.2) is 12.2 Å². The van der Waals surface area contributed by atoms with Crippen LogP contribution in [0.5, 0.6) is 0 Å². The van der Waals surface area contributed by atoms with Gasteiger partial charge in [-0.15, -0.1) is 11.6 Å². The van der Waals surface area contributed by atoms with Crippen LogP contribution in [0.4, 0.5) is 0 Å². The van der Waals surface area contributed by atoms with Crippen LogP contribution in [0, 0.1) is 0 Å². The molecule has 0 saturated carbocycles. The van der Waals surface area contributed by atoms with Crippen molar-refractivity contribution in [3.8, 4) is 0 Å². The molecule has 0 atom stereocenters. The Morgan fingerprint density at radius 2 is 2.09 bits per heavy atom. The predicted molar refractivity (Wildman–Crippen MR) is 42.7 cm³/mol. The van der Waals surface area contributed by atoms with E-state index in [-0.39, 0.29) is 6.61 Å². The van der Waals surface area contributed by atoms with E-state index in [2.05, 4.69) is 4.74 Å². The standard InChI is InChI=1S/C5H10ClO4P/c6-3-1-2-4-10-5-11(7,8)9/h1-2H,3-5H2,(H2,7,8,9)/b2-1-. The summed E-state index contributed by atoms with van der Waals surface area (Å²) in [5, 5.41) is 0. The molecule has 0 aliphatic carbocycles. The van der Waals surface area contributed by atoms with E-state index in [1.807, 2.05) is 0 Å². The zero-order valence-electron chi connectivity index (χ0n) is 5.81.